The van der Waals surface area contributed by atoms with Crippen LogP contribution in [0.5, 0.6) is 0 Å². The average Bonchev–Trinajstić information content (AvgIpc) is 2.16. The first-order valence-electron chi connectivity index (χ1n) is 6.11. The number of carbonyl (C=O) groups excluding carboxylic acids is 1. The zero-order valence-electron chi connectivity index (χ0n) is 10.7. The second kappa shape index (κ2) is 5.64. The highest BCUT2D eigenvalue weighted by Crippen LogP contribution is 2.20. The van der Waals surface area contributed by atoms with Crippen molar-refractivity contribution in [3.05, 3.63) is 0 Å². The minimum Gasteiger partial charge on any atom is -0.377 e. The number of hydrogen-bond donors (Lipinski definition) is 1. The van der Waals surface area contributed by atoms with Gasteiger partial charge in [0.05, 0.1) is 18.8 Å². The molecular weight excluding hydrogens is 204 g/mol. The van der Waals surface area contributed by atoms with Gasteiger partial charge in [-0.25, -0.2) is 0 Å². The van der Waals surface area contributed by atoms with Crippen molar-refractivity contribution in [1.82, 2.24) is 4.90 Å². The summed E-state index contributed by atoms with van der Waals surface area (Å²) in [5.74, 6) is 0.161. The van der Waals surface area contributed by atoms with E-state index in [1.54, 1.807) is 0 Å². The minimum atomic E-state index is -0.193. The molecule has 1 aliphatic heterocycles. The van der Waals surface area contributed by atoms with Crippen LogP contribution in [0.25, 0.3) is 0 Å². The minimum absolute atomic E-state index is 0.00357. The van der Waals surface area contributed by atoms with E-state index in [2.05, 4.69) is 6.92 Å². The highest BCUT2D eigenvalue weighted by atomic mass is 16.5. The molecule has 0 saturated carbocycles. The molecule has 0 aliphatic carbocycles. The number of morpholine rings is 1. The number of carbonyl (C=O) groups is 1. The molecule has 0 aromatic rings. The van der Waals surface area contributed by atoms with E-state index in [9.17, 15) is 4.79 Å². The Kier molecular flexibility index (Phi) is 4.74. The van der Waals surface area contributed by atoms with Crippen molar-refractivity contribution >= 4 is 5.91 Å². The fraction of sp³-hybridized carbons (Fsp3) is 0.917. The molecule has 16 heavy (non-hydrogen) atoms. The molecule has 2 N–H and O–H groups in total. The summed E-state index contributed by atoms with van der Waals surface area (Å²) >= 11 is 0. The van der Waals surface area contributed by atoms with Gasteiger partial charge < -0.3 is 15.4 Å². The predicted molar refractivity (Wildman–Crippen MR) is 64.1 cm³/mol. The lowest BCUT2D eigenvalue weighted by molar-refractivity contribution is -0.146. The van der Waals surface area contributed by atoms with Crippen LogP contribution in [0.2, 0.25) is 0 Å². The summed E-state index contributed by atoms with van der Waals surface area (Å²) in [7, 11) is 0. The number of nitrogens with two attached hydrogens (primary N) is 1. The van der Waals surface area contributed by atoms with Crippen molar-refractivity contribution in [2.75, 3.05) is 19.8 Å². The second-order valence-electron chi connectivity index (χ2n) is 5.16. The van der Waals surface area contributed by atoms with Crippen LogP contribution >= 0.6 is 0 Å². The zero-order valence-corrected chi connectivity index (χ0v) is 10.7. The Morgan fingerprint density at radius 1 is 1.56 bits per heavy atom. The van der Waals surface area contributed by atoms with E-state index in [-0.39, 0.29) is 17.5 Å². The third kappa shape index (κ3) is 3.46. The van der Waals surface area contributed by atoms with E-state index >= 15 is 0 Å². The summed E-state index contributed by atoms with van der Waals surface area (Å²) in [5, 5.41) is 0. The normalized spacial score (nSPS) is 21.9. The Hall–Kier alpha value is -0.610. The van der Waals surface area contributed by atoms with Gasteiger partial charge in [0.25, 0.3) is 0 Å². The maximum Gasteiger partial charge on any atom is 0.224 e. The molecule has 0 radical (unpaired) electrons. The van der Waals surface area contributed by atoms with Gasteiger partial charge in [0.2, 0.25) is 5.91 Å². The fourth-order valence-electron chi connectivity index (χ4n) is 2.13. The van der Waals surface area contributed by atoms with Crippen LogP contribution in [0.1, 0.15) is 40.0 Å². The highest BCUT2D eigenvalue weighted by Gasteiger charge is 2.34. The van der Waals surface area contributed by atoms with Crippen LogP contribution in [0, 0.1) is 0 Å². The van der Waals surface area contributed by atoms with Crippen LogP contribution in [0.3, 0.4) is 0 Å². The Morgan fingerprint density at radius 3 is 2.81 bits per heavy atom. The van der Waals surface area contributed by atoms with Gasteiger partial charge in [-0.2, -0.15) is 0 Å². The lowest BCUT2D eigenvalue weighted by Gasteiger charge is -2.42. The molecule has 1 unspecified atom stereocenters. The molecule has 1 saturated heterocycles. The number of amides is 1. The van der Waals surface area contributed by atoms with Gasteiger partial charge in [-0.05, 0) is 20.3 Å². The maximum atomic E-state index is 12.1. The largest absolute Gasteiger partial charge is 0.377 e. The van der Waals surface area contributed by atoms with Crippen molar-refractivity contribution in [3.8, 4) is 0 Å². The molecule has 1 fully saturated rings. The number of nitrogens with zero attached hydrogens (tertiary/aromatic N) is 1. The molecule has 4 nitrogen and oxygen atoms in total. The highest BCUT2D eigenvalue weighted by molar-refractivity contribution is 5.77. The van der Waals surface area contributed by atoms with E-state index in [4.69, 9.17) is 10.5 Å². The summed E-state index contributed by atoms with van der Waals surface area (Å²) < 4.78 is 5.39. The lowest BCUT2D eigenvalue weighted by Crippen LogP contribution is -2.56. The van der Waals surface area contributed by atoms with E-state index in [0.29, 0.717) is 26.2 Å². The zero-order chi connectivity index (χ0) is 12.2. The summed E-state index contributed by atoms with van der Waals surface area (Å²) in [6, 6.07) is -0.00357. The third-order valence-electron chi connectivity index (χ3n) is 3.04. The Balaban J connectivity index is 2.51. The molecular formula is C12H24N2O2. The van der Waals surface area contributed by atoms with Crippen LogP contribution in [0.15, 0.2) is 0 Å². The standard InChI is InChI=1S/C12H24N2O2/c1-4-5-10(13)8-11(15)14-6-7-16-9-12(14,2)3/h10H,4-9,13H2,1-3H3. The van der Waals surface area contributed by atoms with E-state index in [1.165, 1.54) is 0 Å². The lowest BCUT2D eigenvalue weighted by atomic mass is 10.0. The smallest absolute Gasteiger partial charge is 0.224 e. The van der Waals surface area contributed by atoms with Crippen molar-refractivity contribution in [1.29, 1.82) is 0 Å². The summed E-state index contributed by atoms with van der Waals surface area (Å²) in [4.78, 5) is 14.0. The molecule has 0 spiro atoms. The van der Waals surface area contributed by atoms with Crippen LogP contribution in [-0.4, -0.2) is 42.1 Å². The maximum absolute atomic E-state index is 12.1. The topological polar surface area (TPSA) is 55.6 Å². The molecule has 94 valence electrons. The average molecular weight is 228 g/mol. The van der Waals surface area contributed by atoms with Crippen molar-refractivity contribution < 1.29 is 9.53 Å². The first-order chi connectivity index (χ1) is 7.47. The number of ether oxygens (including phenoxy) is 1. The molecule has 1 aliphatic rings. The van der Waals surface area contributed by atoms with Gasteiger partial charge in [0.1, 0.15) is 0 Å². The molecule has 0 aromatic carbocycles. The first-order valence-corrected chi connectivity index (χ1v) is 6.11. The Labute approximate surface area is 98.1 Å². The molecule has 1 amide bonds. The van der Waals surface area contributed by atoms with Gasteiger partial charge in [0, 0.05) is 19.0 Å². The number of rotatable bonds is 4. The summed E-state index contributed by atoms with van der Waals surface area (Å²) in [6.07, 6.45) is 2.40. The SMILES string of the molecule is CCCC(N)CC(=O)N1CCOCC1(C)C. The van der Waals surface area contributed by atoms with Crippen LogP contribution < -0.4 is 5.73 Å². The van der Waals surface area contributed by atoms with E-state index in [0.717, 1.165) is 12.8 Å². The summed E-state index contributed by atoms with van der Waals surface area (Å²) in [5.41, 5.74) is 5.71. The molecule has 4 heteroatoms. The molecule has 1 rings (SSSR count). The van der Waals surface area contributed by atoms with Gasteiger partial charge in [0.15, 0.2) is 0 Å². The van der Waals surface area contributed by atoms with Crippen LogP contribution in [0.4, 0.5) is 0 Å². The third-order valence-corrected chi connectivity index (χ3v) is 3.04. The Bertz CT molecular complexity index is 241. The van der Waals surface area contributed by atoms with Crippen molar-refractivity contribution in [3.63, 3.8) is 0 Å². The second-order valence-corrected chi connectivity index (χ2v) is 5.16. The molecule has 1 atom stereocenters. The fourth-order valence-corrected chi connectivity index (χ4v) is 2.13. The van der Waals surface area contributed by atoms with Crippen LogP contribution in [-0.2, 0) is 9.53 Å². The van der Waals surface area contributed by atoms with E-state index < -0.39 is 0 Å². The van der Waals surface area contributed by atoms with Gasteiger partial charge in [-0.3, -0.25) is 4.79 Å². The van der Waals surface area contributed by atoms with Gasteiger partial charge >= 0.3 is 0 Å². The van der Waals surface area contributed by atoms with Crippen molar-refractivity contribution in [2.24, 2.45) is 5.73 Å². The molecule has 0 bridgehead atoms. The predicted octanol–water partition coefficient (Wildman–Crippen LogP) is 1.14. The van der Waals surface area contributed by atoms with Crippen molar-refractivity contribution in [2.45, 2.75) is 51.6 Å². The first kappa shape index (κ1) is 13.5. The van der Waals surface area contributed by atoms with Gasteiger partial charge in [-0.15, -0.1) is 0 Å². The Morgan fingerprint density at radius 2 is 2.25 bits per heavy atom. The monoisotopic (exact) mass is 228 g/mol. The van der Waals surface area contributed by atoms with Gasteiger partial charge in [-0.1, -0.05) is 13.3 Å². The number of hydrogen-bond acceptors (Lipinski definition) is 3. The quantitative estimate of drug-likeness (QED) is 0.785. The molecule has 0 aromatic heterocycles. The summed E-state index contributed by atoms with van der Waals surface area (Å²) in [6.45, 7) is 8.10. The van der Waals surface area contributed by atoms with E-state index in [1.807, 2.05) is 18.7 Å². The molecule has 1 heterocycles.